The molecule has 4 amide bonds. The number of hydrogen-bond acceptors (Lipinski definition) is 4. The fourth-order valence-electron chi connectivity index (χ4n) is 11.1. The zero-order valence-electron chi connectivity index (χ0n) is 67.9. The van der Waals surface area contributed by atoms with E-state index >= 15 is 0 Å². The molecule has 112 heavy (non-hydrogen) atoms. The van der Waals surface area contributed by atoms with E-state index in [-0.39, 0.29) is 89.8 Å². The van der Waals surface area contributed by atoms with Crippen LogP contribution in [0.1, 0.15) is 198 Å². The molecule has 10 rings (SSSR count). The summed E-state index contributed by atoms with van der Waals surface area (Å²) in [5.74, 6) is -7.03. The molecule has 0 bridgehead atoms. The van der Waals surface area contributed by atoms with Crippen LogP contribution in [0.4, 0.5) is 57.9 Å². The summed E-state index contributed by atoms with van der Waals surface area (Å²) in [6, 6.07) is 37.6. The van der Waals surface area contributed by atoms with E-state index in [0.717, 1.165) is 125 Å². The van der Waals surface area contributed by atoms with Crippen molar-refractivity contribution in [3.8, 4) is 0 Å². The summed E-state index contributed by atoms with van der Waals surface area (Å²) in [4.78, 5) is 56.6. The molecule has 8 nitrogen and oxygen atoms in total. The molecule has 0 spiro atoms. The molecule has 596 valence electrons. The number of unbranched alkanes of at least 4 members (excludes halogenated alkanes) is 2. The number of allylic oxidation sites excluding steroid dienone is 16. The topological polar surface area (TPSA) is 81.2 Å². The van der Waals surface area contributed by atoms with Gasteiger partial charge in [0.05, 0.1) is 0 Å². The van der Waals surface area contributed by atoms with Crippen LogP contribution in [0.15, 0.2) is 182 Å². The normalized spacial score (nSPS) is 12.3. The number of nitrogens with zero attached hydrogens (tertiary/aromatic N) is 4. The Morgan fingerprint density at radius 2 is 0.571 bits per heavy atom. The first-order chi connectivity index (χ1) is 52.2. The number of amides is 4. The predicted molar refractivity (Wildman–Crippen MR) is 432 cm³/mol. The van der Waals surface area contributed by atoms with Crippen molar-refractivity contribution in [2.24, 2.45) is 21.7 Å². The van der Waals surface area contributed by atoms with Crippen molar-refractivity contribution in [2.75, 3.05) is 45.8 Å². The van der Waals surface area contributed by atoms with E-state index in [4.69, 9.17) is 0 Å². The average molecular weight is 1610 g/mol. The van der Waals surface area contributed by atoms with Gasteiger partial charge in [-0.15, -0.1) is 98.5 Å². The number of carbonyl (C=O) groups excluding carboxylic acids is 4. The second-order valence-electron chi connectivity index (χ2n) is 29.5. The van der Waals surface area contributed by atoms with Gasteiger partial charge in [-0.2, -0.15) is 24.3 Å². The molecule has 0 aromatic heterocycles. The molecule has 0 atom stereocenters. The summed E-state index contributed by atoms with van der Waals surface area (Å²) in [5.41, 5.74) is 0.235. The minimum absolute atomic E-state index is 0. The molecule has 6 aromatic rings. The molecule has 0 heterocycles. The fourth-order valence-corrected chi connectivity index (χ4v) is 11.1. The molecular formula is C94H112F8N4O4Ti2. The Morgan fingerprint density at radius 3 is 0.759 bits per heavy atom. The van der Waals surface area contributed by atoms with Gasteiger partial charge in [0, 0.05) is 94.4 Å². The number of hydrogen-bond donors (Lipinski definition) is 0. The van der Waals surface area contributed by atoms with Gasteiger partial charge in [0.25, 0.3) is 0 Å². The minimum Gasteiger partial charge on any atom is -0.363 e. The second kappa shape index (κ2) is 54.7. The van der Waals surface area contributed by atoms with Crippen LogP contribution in [0.3, 0.4) is 0 Å². The predicted octanol–water partition coefficient (Wildman–Crippen LogP) is 24.2. The first kappa shape index (κ1) is 102. The molecule has 0 unspecified atom stereocenters. The van der Waals surface area contributed by atoms with Gasteiger partial charge >= 0.3 is 43.4 Å². The maximum atomic E-state index is 14.1. The van der Waals surface area contributed by atoms with Crippen LogP contribution in [0.25, 0.3) is 0 Å². The molecule has 4 aliphatic rings. The molecule has 0 radical (unpaired) electrons. The van der Waals surface area contributed by atoms with Crippen molar-refractivity contribution in [2.45, 2.75) is 200 Å². The zero-order chi connectivity index (χ0) is 81.7. The van der Waals surface area contributed by atoms with Crippen molar-refractivity contribution in [3.05, 3.63) is 288 Å². The van der Waals surface area contributed by atoms with E-state index in [1.807, 2.05) is 189 Å². The number of halogens is 8. The minimum atomic E-state index is -0.840. The molecule has 0 saturated heterocycles. The third-order valence-corrected chi connectivity index (χ3v) is 16.9. The van der Waals surface area contributed by atoms with Crippen LogP contribution in [-0.4, -0.2) is 49.8 Å². The Bertz CT molecular complexity index is 3670. The first-order valence-corrected chi connectivity index (χ1v) is 38.0. The van der Waals surface area contributed by atoms with Gasteiger partial charge in [-0.05, 0) is 85.2 Å². The van der Waals surface area contributed by atoms with E-state index in [1.165, 1.54) is 43.9 Å². The first-order valence-electron chi connectivity index (χ1n) is 38.0. The Hall–Kier alpha value is -8.01. The van der Waals surface area contributed by atoms with Crippen LogP contribution >= 0.6 is 0 Å². The van der Waals surface area contributed by atoms with Gasteiger partial charge in [0.15, 0.2) is 0 Å². The molecule has 18 heteroatoms. The number of carbonyl (C=O) groups is 4. The van der Waals surface area contributed by atoms with E-state index < -0.39 is 68.2 Å². The van der Waals surface area contributed by atoms with E-state index in [0.29, 0.717) is 39.0 Å². The maximum Gasteiger partial charge on any atom is 4.00 e. The van der Waals surface area contributed by atoms with Crippen molar-refractivity contribution >= 4 is 46.4 Å². The fraction of sp³-hybridized carbons (Fsp3) is 0.404. The molecule has 0 aliphatic heterocycles. The van der Waals surface area contributed by atoms with Crippen molar-refractivity contribution < 1.29 is 97.7 Å². The maximum absolute atomic E-state index is 14.1. The van der Waals surface area contributed by atoms with Crippen molar-refractivity contribution in [3.63, 3.8) is 0 Å². The summed E-state index contributed by atoms with van der Waals surface area (Å²) < 4.78 is 108. The third kappa shape index (κ3) is 38.7. The molecule has 0 fully saturated rings. The molecule has 4 aliphatic carbocycles. The number of rotatable bonds is 24. The molecule has 0 saturated carbocycles. The SMILES string of the molecule is CC(C)(C)C(=O)N(CCCc1ccccc1)c1ccc(F)[c-]c1F.CC(C)(C)C(=O)N(CCCc1ccccc1)c1ccc(F)[c-]c1F.CCCCN(C(=O)C(C)(C)CCC)c1ccc(F)[c-]c1F.CCCCN(C(=O)C(C)(C)CCC)c1ccc(F)[c-]c1F.[C-]1=CC=CC1.[C-]1=CC=CC1.[C-]1=CC=CC1.[C-]1=CC=CC1.[Ti+4].[Ti+4]. The molecule has 6 aromatic carbocycles. The number of benzene rings is 6. The molecule has 0 N–H and O–H groups in total. The van der Waals surface area contributed by atoms with Crippen LogP contribution in [0.5, 0.6) is 0 Å². The standard InChI is InChI=1S/2C20H22F2NO.2C17H24F2NO.4C5H5.2Ti/c2*1-20(2,3)19(24)23(18-12-11-16(21)14-17(18)22)13-7-10-15-8-5-4-6-9-15;2*1-5-7-11-20(16(21)17(3,4)10-6-2)15-9-8-13(18)12-14(15)19;4*1-2-4-5-3-1;;/h2*4-6,8-9,11-12H,7,10,13H2,1-3H3;2*8-9H,5-7,10-11H2,1-4H3;4*1-3H,4H2;;/q8*-1;2*+4. The monoisotopic (exact) mass is 1610 g/mol. The van der Waals surface area contributed by atoms with Crippen LogP contribution < -0.4 is 19.6 Å². The van der Waals surface area contributed by atoms with Crippen LogP contribution in [0.2, 0.25) is 0 Å². The smallest absolute Gasteiger partial charge is 0.363 e. The van der Waals surface area contributed by atoms with Gasteiger partial charge in [-0.3, -0.25) is 43.5 Å². The average Bonchev–Trinajstić information content (AvgIpc) is 0.992. The zero-order valence-corrected chi connectivity index (χ0v) is 71.0. The van der Waals surface area contributed by atoms with Crippen molar-refractivity contribution in [1.29, 1.82) is 0 Å². The summed E-state index contributed by atoms with van der Waals surface area (Å²) in [6.07, 6.45) is 49.4. The number of aryl methyl sites for hydroxylation is 2. The third-order valence-electron chi connectivity index (χ3n) is 16.9. The van der Waals surface area contributed by atoms with Crippen molar-refractivity contribution in [1.82, 2.24) is 0 Å². The summed E-state index contributed by atoms with van der Waals surface area (Å²) >= 11 is 0. The number of anilines is 4. The van der Waals surface area contributed by atoms with Gasteiger partial charge in [-0.1, -0.05) is 183 Å². The van der Waals surface area contributed by atoms with Gasteiger partial charge in [-0.25, -0.2) is 83.7 Å². The quantitative estimate of drug-likeness (QED) is 0.0343. The van der Waals surface area contributed by atoms with Crippen LogP contribution in [0, 0.1) is 117 Å². The summed E-state index contributed by atoms with van der Waals surface area (Å²) in [7, 11) is 0. The van der Waals surface area contributed by atoms with Crippen LogP contribution in [-0.2, 0) is 75.5 Å². The Labute approximate surface area is 694 Å². The van der Waals surface area contributed by atoms with Gasteiger partial charge in [0.1, 0.15) is 0 Å². The largest absolute Gasteiger partial charge is 4.00 e. The van der Waals surface area contributed by atoms with E-state index in [2.05, 4.69) is 48.6 Å². The van der Waals surface area contributed by atoms with E-state index in [9.17, 15) is 54.3 Å². The summed E-state index contributed by atoms with van der Waals surface area (Å²) in [5, 5.41) is 0. The van der Waals surface area contributed by atoms with Gasteiger partial charge in [0.2, 0.25) is 23.6 Å². The molecular weight excluding hydrogens is 1500 g/mol. The Morgan fingerprint density at radius 1 is 0.330 bits per heavy atom. The summed E-state index contributed by atoms with van der Waals surface area (Å²) in [6.45, 7) is 27.8. The van der Waals surface area contributed by atoms with E-state index in [1.54, 1.807) is 41.5 Å². The van der Waals surface area contributed by atoms with Gasteiger partial charge < -0.3 is 19.6 Å². The second-order valence-corrected chi connectivity index (χ2v) is 29.5. The Balaban J connectivity index is 0.000000681. The Kier molecular flexibility index (Phi) is 49.8.